The van der Waals surface area contributed by atoms with Crippen molar-refractivity contribution in [3.63, 3.8) is 0 Å². The summed E-state index contributed by atoms with van der Waals surface area (Å²) < 4.78 is 15.3. The molecule has 0 spiro atoms. The number of para-hydroxylation sites is 2. The summed E-state index contributed by atoms with van der Waals surface area (Å²) in [5.41, 5.74) is 11.5. The molecular weight excluding hydrogens is 703 g/mol. The summed E-state index contributed by atoms with van der Waals surface area (Å²) in [4.78, 5) is 2.43. The van der Waals surface area contributed by atoms with Crippen molar-refractivity contribution in [2.75, 3.05) is 4.90 Å². The number of anilines is 3. The molecule has 4 heteroatoms. The van der Waals surface area contributed by atoms with Crippen LogP contribution in [0.15, 0.2) is 197 Å². The second-order valence-electron chi connectivity index (χ2n) is 14.4. The third-order valence-electron chi connectivity index (χ3n) is 11.3. The molecule has 12 aromatic rings. The van der Waals surface area contributed by atoms with Gasteiger partial charge in [0.1, 0.15) is 22.3 Å². The Balaban J connectivity index is 1.04. The van der Waals surface area contributed by atoms with Crippen LogP contribution in [0.5, 0.6) is 0 Å². The normalized spacial score (nSPS) is 11.9. The highest BCUT2D eigenvalue weighted by molar-refractivity contribution is 7.26. The molecule has 0 bridgehead atoms. The summed E-state index contributed by atoms with van der Waals surface area (Å²) in [6.45, 7) is 0. The topological polar surface area (TPSA) is 29.5 Å². The number of hydrogen-bond donors (Lipinski definition) is 0. The van der Waals surface area contributed by atoms with Crippen LogP contribution < -0.4 is 4.90 Å². The predicted octanol–water partition coefficient (Wildman–Crippen LogP) is 15.8. The summed E-state index contributed by atoms with van der Waals surface area (Å²) in [5, 5.41) is 9.37. The average molecular weight is 734 g/mol. The van der Waals surface area contributed by atoms with E-state index in [9.17, 15) is 0 Å². The molecule has 0 aliphatic rings. The summed E-state index contributed by atoms with van der Waals surface area (Å²) >= 11 is 1.85. The first-order chi connectivity index (χ1) is 27.7. The van der Waals surface area contributed by atoms with Gasteiger partial charge in [-0.05, 0) is 88.8 Å². The van der Waals surface area contributed by atoms with E-state index in [1.54, 1.807) is 0 Å². The maximum atomic E-state index is 6.52. The van der Waals surface area contributed by atoms with Crippen molar-refractivity contribution in [3.05, 3.63) is 188 Å². The van der Waals surface area contributed by atoms with Gasteiger partial charge in [-0.1, -0.05) is 121 Å². The van der Waals surface area contributed by atoms with E-state index < -0.39 is 0 Å². The van der Waals surface area contributed by atoms with Gasteiger partial charge in [0.25, 0.3) is 0 Å². The molecule has 0 saturated carbocycles. The molecule has 0 amide bonds. The highest BCUT2D eigenvalue weighted by Crippen LogP contribution is 2.48. The molecular formula is C52H31NO2S. The molecule has 0 fully saturated rings. The molecule has 0 atom stereocenters. The molecule has 3 nitrogen and oxygen atoms in total. The van der Waals surface area contributed by atoms with Crippen molar-refractivity contribution in [1.29, 1.82) is 0 Å². The molecule has 9 aromatic carbocycles. The average Bonchev–Trinajstić information content (AvgIpc) is 3.95. The van der Waals surface area contributed by atoms with Crippen molar-refractivity contribution >= 4 is 103 Å². The number of rotatable bonds is 5. The second-order valence-corrected chi connectivity index (χ2v) is 15.5. The van der Waals surface area contributed by atoms with Gasteiger partial charge in [0.15, 0.2) is 0 Å². The van der Waals surface area contributed by atoms with Crippen LogP contribution in [0.4, 0.5) is 17.1 Å². The fourth-order valence-electron chi connectivity index (χ4n) is 8.61. The van der Waals surface area contributed by atoms with Gasteiger partial charge in [0.2, 0.25) is 0 Å². The first-order valence-corrected chi connectivity index (χ1v) is 19.7. The van der Waals surface area contributed by atoms with Gasteiger partial charge in [-0.2, -0.15) is 0 Å². The standard InChI is InChI=1S/C52H31NO2S/c1-2-12-38-33(10-1)22-28-42-44-30-35(24-29-48(44)55-51(38)42)37-11-3-6-16-45(37)53(46-17-9-15-43-41-14-5-8-19-50(41)56-52(43)46)36-25-20-32(21-26-36)34-23-27-40-39-13-4-7-18-47(39)54-49(40)31-34/h1-31H. The minimum atomic E-state index is 0.890. The van der Waals surface area contributed by atoms with E-state index in [-0.39, 0.29) is 0 Å². The van der Waals surface area contributed by atoms with Gasteiger partial charge in [0, 0.05) is 53.7 Å². The first-order valence-electron chi connectivity index (χ1n) is 18.9. The zero-order chi connectivity index (χ0) is 36.7. The largest absolute Gasteiger partial charge is 0.456 e. The second kappa shape index (κ2) is 12.2. The fraction of sp³-hybridized carbons (Fsp3) is 0. The summed E-state index contributed by atoms with van der Waals surface area (Å²) in [5.74, 6) is 0. The highest BCUT2D eigenvalue weighted by Gasteiger charge is 2.22. The Labute approximate surface area is 325 Å². The van der Waals surface area contributed by atoms with Crippen molar-refractivity contribution < 1.29 is 8.83 Å². The quantitative estimate of drug-likeness (QED) is 0.176. The third-order valence-corrected chi connectivity index (χ3v) is 12.5. The molecule has 0 saturated heterocycles. The third kappa shape index (κ3) is 4.76. The van der Waals surface area contributed by atoms with Crippen molar-refractivity contribution in [3.8, 4) is 22.3 Å². The molecule has 262 valence electrons. The number of benzene rings is 9. The lowest BCUT2D eigenvalue weighted by atomic mass is 9.98. The minimum absolute atomic E-state index is 0.890. The van der Waals surface area contributed by atoms with Crippen molar-refractivity contribution in [2.45, 2.75) is 0 Å². The van der Waals surface area contributed by atoms with E-state index in [0.29, 0.717) is 0 Å². The van der Waals surface area contributed by atoms with Crippen molar-refractivity contribution in [1.82, 2.24) is 0 Å². The molecule has 0 N–H and O–H groups in total. The molecule has 3 heterocycles. The van der Waals surface area contributed by atoms with E-state index in [1.165, 1.54) is 25.6 Å². The van der Waals surface area contributed by atoms with Crippen LogP contribution in [0.3, 0.4) is 0 Å². The Kier molecular flexibility index (Phi) is 6.80. The van der Waals surface area contributed by atoms with E-state index in [4.69, 9.17) is 8.83 Å². The maximum Gasteiger partial charge on any atom is 0.143 e. The lowest BCUT2D eigenvalue weighted by Crippen LogP contribution is -2.11. The molecule has 0 radical (unpaired) electrons. The van der Waals surface area contributed by atoms with Crippen LogP contribution >= 0.6 is 11.3 Å². The van der Waals surface area contributed by atoms with Gasteiger partial charge >= 0.3 is 0 Å². The lowest BCUT2D eigenvalue weighted by molar-refractivity contribution is 0.669. The highest BCUT2D eigenvalue weighted by atomic mass is 32.1. The summed E-state index contributed by atoms with van der Waals surface area (Å²) in [7, 11) is 0. The Morgan fingerprint density at radius 2 is 1.05 bits per heavy atom. The molecule has 0 aliphatic carbocycles. The number of thiophene rings is 1. The molecule has 3 aromatic heterocycles. The predicted molar refractivity (Wildman–Crippen MR) is 237 cm³/mol. The van der Waals surface area contributed by atoms with Crippen LogP contribution in [0.1, 0.15) is 0 Å². The van der Waals surface area contributed by atoms with Crippen LogP contribution in [0.2, 0.25) is 0 Å². The van der Waals surface area contributed by atoms with E-state index in [1.807, 2.05) is 23.5 Å². The van der Waals surface area contributed by atoms with Crippen LogP contribution in [-0.4, -0.2) is 0 Å². The fourth-order valence-corrected chi connectivity index (χ4v) is 9.82. The summed E-state index contributed by atoms with van der Waals surface area (Å²) in [6.07, 6.45) is 0. The van der Waals surface area contributed by atoms with Gasteiger partial charge in [-0.15, -0.1) is 11.3 Å². The monoisotopic (exact) mass is 733 g/mol. The Morgan fingerprint density at radius 3 is 1.98 bits per heavy atom. The molecule has 56 heavy (non-hydrogen) atoms. The molecule has 12 rings (SSSR count). The van der Waals surface area contributed by atoms with Gasteiger partial charge in [-0.25, -0.2) is 0 Å². The minimum Gasteiger partial charge on any atom is -0.456 e. The number of nitrogens with zero attached hydrogens (tertiary/aromatic N) is 1. The SMILES string of the molecule is c1ccc(N(c2ccc(-c3ccc4c(c3)oc3ccccc34)cc2)c2cccc3c2sc2ccccc23)c(-c2ccc3oc4c5ccccc5ccc4c3c2)c1. The van der Waals surface area contributed by atoms with Crippen LogP contribution in [0.25, 0.3) is 97.1 Å². The maximum absolute atomic E-state index is 6.52. The Bertz CT molecular complexity index is 3500. The smallest absolute Gasteiger partial charge is 0.143 e. The number of furan rings is 2. The lowest BCUT2D eigenvalue weighted by Gasteiger charge is -2.28. The Morgan fingerprint density at radius 1 is 0.375 bits per heavy atom. The first kappa shape index (κ1) is 31.2. The van der Waals surface area contributed by atoms with Gasteiger partial charge in [0.05, 0.1) is 16.1 Å². The van der Waals surface area contributed by atoms with E-state index in [2.05, 4.69) is 181 Å². The van der Waals surface area contributed by atoms with Crippen LogP contribution in [0, 0.1) is 0 Å². The number of hydrogen-bond acceptors (Lipinski definition) is 4. The Hall–Kier alpha value is -7.14. The van der Waals surface area contributed by atoms with Gasteiger partial charge in [-0.3, -0.25) is 0 Å². The molecule has 0 unspecified atom stereocenters. The summed E-state index contributed by atoms with van der Waals surface area (Å²) in [6, 6.07) is 67.4. The number of fused-ring (bicyclic) bond motifs is 11. The van der Waals surface area contributed by atoms with Crippen LogP contribution in [-0.2, 0) is 0 Å². The molecule has 0 aliphatic heterocycles. The van der Waals surface area contributed by atoms with Gasteiger partial charge < -0.3 is 13.7 Å². The van der Waals surface area contributed by atoms with E-state index in [0.717, 1.165) is 88.6 Å². The van der Waals surface area contributed by atoms with E-state index >= 15 is 0 Å². The zero-order valence-corrected chi connectivity index (χ0v) is 30.9. The zero-order valence-electron chi connectivity index (χ0n) is 30.1. The van der Waals surface area contributed by atoms with Crippen molar-refractivity contribution in [2.24, 2.45) is 0 Å².